The lowest BCUT2D eigenvalue weighted by Crippen LogP contribution is -2.61. The number of carbonyl (C=O) groups excluding carboxylic acids is 6. The Balaban J connectivity index is 2.37. The molecule has 1 N–H and O–H groups in total. The predicted molar refractivity (Wildman–Crippen MR) is 154 cm³/mol. The van der Waals surface area contributed by atoms with Gasteiger partial charge in [-0.15, -0.1) is 11.8 Å². The number of ether oxygens (including phenoxy) is 7. The smallest absolute Gasteiger partial charge is 0.408 e. The molecule has 0 bridgehead atoms. The molecule has 1 aromatic carbocycles. The molecular weight excluding hydrogens is 602 g/mol. The van der Waals surface area contributed by atoms with Crippen LogP contribution in [0.5, 0.6) is 0 Å². The van der Waals surface area contributed by atoms with Crippen molar-refractivity contribution < 1.29 is 61.9 Å². The van der Waals surface area contributed by atoms with E-state index in [1.165, 1.54) is 0 Å². The third kappa shape index (κ3) is 12.8. The summed E-state index contributed by atoms with van der Waals surface area (Å²) >= 11 is 0.912. The van der Waals surface area contributed by atoms with Crippen molar-refractivity contribution in [3.63, 3.8) is 0 Å². The molecule has 15 heteroatoms. The Labute approximate surface area is 259 Å². The SMILES string of the molecule is CC(=O)OC[C@H]1O[C@@H](SC[C@H](NC(=O)OC(C)(C)C)C(=O)OCc2ccccc2)[C@@H](OC(C)=O)[C@@H](OC(C)=O)[C@@H]1OC(C)=O. The zero-order valence-corrected chi connectivity index (χ0v) is 26.5. The van der Waals surface area contributed by atoms with Crippen LogP contribution in [-0.4, -0.2) is 89.8 Å². The van der Waals surface area contributed by atoms with Crippen LogP contribution in [0.4, 0.5) is 4.79 Å². The maximum Gasteiger partial charge on any atom is 0.408 e. The second-order valence-corrected chi connectivity index (χ2v) is 11.8. The number of benzene rings is 1. The monoisotopic (exact) mass is 641 g/mol. The highest BCUT2D eigenvalue weighted by molar-refractivity contribution is 7.99. The highest BCUT2D eigenvalue weighted by Gasteiger charge is 2.52. The summed E-state index contributed by atoms with van der Waals surface area (Å²) in [5, 5.41) is 2.49. The second-order valence-electron chi connectivity index (χ2n) is 10.7. The van der Waals surface area contributed by atoms with Gasteiger partial charge in [0.05, 0.1) is 0 Å². The maximum absolute atomic E-state index is 13.2. The Morgan fingerprint density at radius 3 is 1.93 bits per heavy atom. The molecule has 0 unspecified atom stereocenters. The Kier molecular flexibility index (Phi) is 13.9. The van der Waals surface area contributed by atoms with Crippen molar-refractivity contribution >= 4 is 47.7 Å². The number of amides is 1. The molecule has 1 aliphatic heterocycles. The van der Waals surface area contributed by atoms with E-state index in [9.17, 15) is 28.8 Å². The van der Waals surface area contributed by atoms with Crippen molar-refractivity contribution in [1.82, 2.24) is 5.32 Å². The predicted octanol–water partition coefficient (Wildman–Crippen LogP) is 2.44. The van der Waals surface area contributed by atoms with Crippen molar-refractivity contribution in [2.24, 2.45) is 0 Å². The van der Waals surface area contributed by atoms with Crippen LogP contribution in [0, 0.1) is 0 Å². The van der Waals surface area contributed by atoms with E-state index in [0.29, 0.717) is 5.56 Å². The van der Waals surface area contributed by atoms with Gasteiger partial charge < -0.3 is 38.5 Å². The van der Waals surface area contributed by atoms with Crippen molar-refractivity contribution in [1.29, 1.82) is 0 Å². The van der Waals surface area contributed by atoms with Crippen LogP contribution >= 0.6 is 11.8 Å². The number of hydrogen-bond acceptors (Lipinski definition) is 14. The first-order valence-electron chi connectivity index (χ1n) is 13.7. The molecule has 1 saturated heterocycles. The van der Waals surface area contributed by atoms with Gasteiger partial charge in [0.1, 0.15) is 36.4 Å². The molecule has 1 amide bonds. The van der Waals surface area contributed by atoms with Crippen LogP contribution < -0.4 is 5.32 Å². The molecule has 1 aromatic rings. The summed E-state index contributed by atoms with van der Waals surface area (Å²) in [7, 11) is 0. The van der Waals surface area contributed by atoms with E-state index in [2.05, 4.69) is 5.32 Å². The van der Waals surface area contributed by atoms with E-state index in [4.69, 9.17) is 33.2 Å². The minimum absolute atomic E-state index is 0.0735. The zero-order valence-electron chi connectivity index (χ0n) is 25.7. The lowest BCUT2D eigenvalue weighted by molar-refractivity contribution is -0.237. The quantitative estimate of drug-likeness (QED) is 0.260. The van der Waals surface area contributed by atoms with Gasteiger partial charge in [0.2, 0.25) is 0 Å². The molecule has 1 heterocycles. The van der Waals surface area contributed by atoms with Gasteiger partial charge in [0.15, 0.2) is 18.3 Å². The molecule has 14 nitrogen and oxygen atoms in total. The average molecular weight is 642 g/mol. The van der Waals surface area contributed by atoms with E-state index in [-0.39, 0.29) is 12.4 Å². The highest BCUT2D eigenvalue weighted by Crippen LogP contribution is 2.35. The number of rotatable bonds is 12. The molecule has 0 aliphatic carbocycles. The van der Waals surface area contributed by atoms with Crippen molar-refractivity contribution in [3.8, 4) is 0 Å². The van der Waals surface area contributed by atoms with Gasteiger partial charge in [-0.25, -0.2) is 9.59 Å². The lowest BCUT2D eigenvalue weighted by atomic mass is 9.99. The number of hydrogen-bond donors (Lipinski definition) is 1. The first-order valence-corrected chi connectivity index (χ1v) is 14.7. The molecule has 244 valence electrons. The van der Waals surface area contributed by atoms with Gasteiger partial charge in [-0.1, -0.05) is 30.3 Å². The summed E-state index contributed by atoms with van der Waals surface area (Å²) in [6.07, 6.45) is -6.11. The molecular formula is C29H39NO13S. The van der Waals surface area contributed by atoms with Crippen LogP contribution in [0.1, 0.15) is 54.0 Å². The highest BCUT2D eigenvalue weighted by atomic mass is 32.2. The van der Waals surface area contributed by atoms with Crippen LogP contribution in [0.3, 0.4) is 0 Å². The Morgan fingerprint density at radius 2 is 1.39 bits per heavy atom. The summed E-state index contributed by atoms with van der Waals surface area (Å²) in [5.74, 6) is -3.96. The minimum atomic E-state index is -1.38. The van der Waals surface area contributed by atoms with Gasteiger partial charge in [-0.2, -0.15) is 0 Å². The largest absolute Gasteiger partial charge is 0.463 e. The number of alkyl carbamates (subject to hydrolysis) is 1. The molecule has 1 aliphatic rings. The van der Waals surface area contributed by atoms with Crippen LogP contribution in [0.25, 0.3) is 0 Å². The third-order valence-electron chi connectivity index (χ3n) is 5.57. The van der Waals surface area contributed by atoms with Crippen LogP contribution in [0.15, 0.2) is 30.3 Å². The normalized spacial score (nSPS) is 22.0. The zero-order chi connectivity index (χ0) is 33.0. The number of thioether (sulfide) groups is 1. The molecule has 0 saturated carbocycles. The molecule has 0 aromatic heterocycles. The molecule has 44 heavy (non-hydrogen) atoms. The lowest BCUT2D eigenvalue weighted by Gasteiger charge is -2.44. The summed E-state index contributed by atoms with van der Waals surface area (Å²) in [4.78, 5) is 73.5. The second kappa shape index (κ2) is 16.9. The molecule has 0 radical (unpaired) electrons. The van der Waals surface area contributed by atoms with Gasteiger partial charge in [0.25, 0.3) is 0 Å². The van der Waals surface area contributed by atoms with E-state index < -0.39 is 84.0 Å². The molecule has 2 rings (SSSR count). The first-order chi connectivity index (χ1) is 20.6. The Bertz CT molecular complexity index is 1170. The van der Waals surface area contributed by atoms with Crippen molar-refractivity contribution in [2.75, 3.05) is 12.4 Å². The Morgan fingerprint density at radius 1 is 0.818 bits per heavy atom. The maximum atomic E-state index is 13.2. The first kappa shape index (κ1) is 36.3. The fraction of sp³-hybridized carbons (Fsp3) is 0.586. The molecule has 6 atom stereocenters. The van der Waals surface area contributed by atoms with Crippen molar-refractivity contribution in [2.45, 2.75) is 96.6 Å². The summed E-state index contributed by atoms with van der Waals surface area (Å²) in [6, 6.07) is 7.61. The van der Waals surface area contributed by atoms with E-state index in [1.807, 2.05) is 6.07 Å². The van der Waals surface area contributed by atoms with E-state index >= 15 is 0 Å². The summed E-state index contributed by atoms with van der Waals surface area (Å²) in [5.41, 5.74) is -1.32. The summed E-state index contributed by atoms with van der Waals surface area (Å²) in [6.45, 7) is 8.98. The number of carbonyl (C=O) groups is 6. The van der Waals surface area contributed by atoms with Gasteiger partial charge in [-0.05, 0) is 26.3 Å². The number of nitrogens with one attached hydrogen (secondary N) is 1. The fourth-order valence-electron chi connectivity index (χ4n) is 3.96. The standard InChI is InChI=1S/C29H39NO13S/c1-16(31)37-14-22-23(39-17(2)32)24(40-18(3)33)25(41-19(4)34)27(42-22)44-15-21(30-28(36)43-29(5,6)7)26(35)38-13-20-11-9-8-10-12-20/h8-12,21-25,27H,13-15H2,1-7H3,(H,30,36)/t21-,22+,23+,24-,25-,27-/m0/s1. The number of esters is 5. The van der Waals surface area contributed by atoms with Crippen molar-refractivity contribution in [3.05, 3.63) is 35.9 Å². The van der Waals surface area contributed by atoms with Gasteiger partial charge in [0, 0.05) is 33.4 Å². The average Bonchev–Trinajstić information content (AvgIpc) is 2.90. The van der Waals surface area contributed by atoms with Gasteiger partial charge in [-0.3, -0.25) is 19.2 Å². The molecule has 1 fully saturated rings. The van der Waals surface area contributed by atoms with E-state index in [0.717, 1.165) is 39.5 Å². The van der Waals surface area contributed by atoms with Crippen LogP contribution in [-0.2, 0) is 63.7 Å². The summed E-state index contributed by atoms with van der Waals surface area (Å²) < 4.78 is 38.2. The third-order valence-corrected chi connectivity index (χ3v) is 6.81. The van der Waals surface area contributed by atoms with Gasteiger partial charge >= 0.3 is 35.9 Å². The minimum Gasteiger partial charge on any atom is -0.463 e. The van der Waals surface area contributed by atoms with Crippen LogP contribution in [0.2, 0.25) is 0 Å². The Hall–Kier alpha value is -3.85. The fourth-order valence-corrected chi connectivity index (χ4v) is 5.18. The van der Waals surface area contributed by atoms with E-state index in [1.54, 1.807) is 45.0 Å². The topological polar surface area (TPSA) is 179 Å². The molecule has 0 spiro atoms.